The fourth-order valence-corrected chi connectivity index (χ4v) is 1.26. The van der Waals surface area contributed by atoms with Gasteiger partial charge in [0.05, 0.1) is 11.4 Å². The van der Waals surface area contributed by atoms with Gasteiger partial charge in [0, 0.05) is 12.4 Å². The molecule has 4 heteroatoms. The molecule has 2 heterocycles. The van der Waals surface area contributed by atoms with E-state index in [0.717, 1.165) is 23.4 Å². The summed E-state index contributed by atoms with van der Waals surface area (Å²) in [4.78, 5) is 8.48. The van der Waals surface area contributed by atoms with Crippen LogP contribution in [0.3, 0.4) is 0 Å². The van der Waals surface area contributed by atoms with E-state index in [1.165, 1.54) is 0 Å². The molecule has 0 amide bonds. The molecule has 0 spiro atoms. The molecule has 1 aliphatic rings. The smallest absolute Gasteiger partial charge is 0.0915 e. The minimum Gasteiger partial charge on any atom is -0.255 e. The maximum absolute atomic E-state index is 4.25. The average molecular weight is 243 g/mol. The fraction of sp³-hybridized carbons (Fsp3) is 0.0909. The van der Waals surface area contributed by atoms with E-state index in [1.54, 1.807) is 12.4 Å². The third-order valence-electron chi connectivity index (χ3n) is 1.92. The van der Waals surface area contributed by atoms with Crippen LogP contribution in [0.2, 0.25) is 0 Å². The molecule has 0 N–H and O–H groups in total. The van der Waals surface area contributed by atoms with E-state index in [1.807, 2.05) is 24.3 Å². The molecule has 0 radical (unpaired) electrons. The fourth-order valence-electron chi connectivity index (χ4n) is 1.26. The zero-order valence-corrected chi connectivity index (χ0v) is 9.72. The van der Waals surface area contributed by atoms with Crippen molar-refractivity contribution in [2.75, 3.05) is 0 Å². The van der Waals surface area contributed by atoms with Gasteiger partial charge in [-0.15, -0.1) is 24.8 Å². The van der Waals surface area contributed by atoms with Crippen LogP contribution in [0.15, 0.2) is 53.8 Å². The molecule has 80 valence electrons. The lowest BCUT2D eigenvalue weighted by Crippen LogP contribution is -2.07. The van der Waals surface area contributed by atoms with Gasteiger partial charge < -0.3 is 0 Å². The van der Waals surface area contributed by atoms with Crippen LogP contribution in [0, 0.1) is 0 Å². The molecule has 0 saturated heterocycles. The average Bonchev–Trinajstić information content (AvgIpc) is 2.20. The number of pyridine rings is 1. The molecule has 0 atom stereocenters. The number of halogens is 2. The normalized spacial score (nSPS) is 13.6. The summed E-state index contributed by atoms with van der Waals surface area (Å²) in [7, 11) is 0. The van der Waals surface area contributed by atoms with Crippen LogP contribution >= 0.6 is 24.8 Å². The molecule has 0 fully saturated rings. The van der Waals surface area contributed by atoms with Crippen molar-refractivity contribution in [2.45, 2.75) is 6.42 Å². The Balaban J connectivity index is 0.000000980. The molecule has 1 aromatic rings. The summed E-state index contributed by atoms with van der Waals surface area (Å²) < 4.78 is 0. The Morgan fingerprint density at radius 1 is 1.20 bits per heavy atom. The Hall–Kier alpha value is -1.12. The first kappa shape index (κ1) is 13.9. The summed E-state index contributed by atoms with van der Waals surface area (Å²) in [5.74, 6) is 0. The van der Waals surface area contributed by atoms with Gasteiger partial charge >= 0.3 is 0 Å². The van der Waals surface area contributed by atoms with E-state index in [0.29, 0.717) is 0 Å². The summed E-state index contributed by atoms with van der Waals surface area (Å²) in [6.07, 6.45) is 6.44. The lowest BCUT2D eigenvalue weighted by molar-refractivity contribution is 1.21. The van der Waals surface area contributed by atoms with Gasteiger partial charge in [0.2, 0.25) is 0 Å². The highest BCUT2D eigenvalue weighted by Crippen LogP contribution is 2.13. The van der Waals surface area contributed by atoms with Crippen molar-refractivity contribution >= 4 is 30.5 Å². The summed E-state index contributed by atoms with van der Waals surface area (Å²) in [5, 5.41) is 0. The van der Waals surface area contributed by atoms with Crippen molar-refractivity contribution in [1.82, 2.24) is 4.98 Å². The highest BCUT2D eigenvalue weighted by atomic mass is 35.5. The van der Waals surface area contributed by atoms with E-state index in [9.17, 15) is 0 Å². The number of hydrogen-bond acceptors (Lipinski definition) is 2. The third-order valence-corrected chi connectivity index (χ3v) is 1.92. The van der Waals surface area contributed by atoms with Gasteiger partial charge in [0.15, 0.2) is 0 Å². The lowest BCUT2D eigenvalue weighted by Gasteiger charge is -2.09. The SMILES string of the molecule is C=C1CC=CN=C1c1ccccn1.Cl.Cl. The van der Waals surface area contributed by atoms with Crippen LogP contribution in [0.1, 0.15) is 12.1 Å². The van der Waals surface area contributed by atoms with Crippen molar-refractivity contribution in [2.24, 2.45) is 4.99 Å². The maximum atomic E-state index is 4.25. The monoisotopic (exact) mass is 242 g/mol. The zero-order chi connectivity index (χ0) is 9.10. The topological polar surface area (TPSA) is 25.2 Å². The zero-order valence-electron chi connectivity index (χ0n) is 8.09. The Kier molecular flexibility index (Phi) is 5.90. The molecule has 0 saturated carbocycles. The standard InChI is InChI=1S/C11H10N2.2ClH/c1-9-5-4-8-13-11(9)10-6-2-3-7-12-10;;/h2-4,6-8H,1,5H2;2*1H. The van der Waals surface area contributed by atoms with Crippen molar-refractivity contribution in [3.63, 3.8) is 0 Å². The van der Waals surface area contributed by atoms with Crippen LogP contribution in [-0.4, -0.2) is 10.7 Å². The minimum atomic E-state index is 0. The maximum Gasteiger partial charge on any atom is 0.0915 e. The van der Waals surface area contributed by atoms with Crippen molar-refractivity contribution in [3.05, 3.63) is 54.5 Å². The number of nitrogens with zero attached hydrogens (tertiary/aromatic N) is 2. The number of hydrogen-bond donors (Lipinski definition) is 0. The predicted molar refractivity (Wildman–Crippen MR) is 68.2 cm³/mol. The summed E-state index contributed by atoms with van der Waals surface area (Å²) in [6.45, 7) is 3.95. The molecule has 0 aliphatic carbocycles. The lowest BCUT2D eigenvalue weighted by atomic mass is 10.0. The molecule has 0 bridgehead atoms. The van der Waals surface area contributed by atoms with Gasteiger partial charge in [0.1, 0.15) is 0 Å². The van der Waals surface area contributed by atoms with Crippen molar-refractivity contribution in [1.29, 1.82) is 0 Å². The van der Waals surface area contributed by atoms with Crippen LogP contribution in [0.5, 0.6) is 0 Å². The first-order chi connectivity index (χ1) is 6.38. The molecule has 1 aliphatic heterocycles. The summed E-state index contributed by atoms with van der Waals surface area (Å²) in [5.41, 5.74) is 2.83. The minimum absolute atomic E-state index is 0. The molecule has 0 aromatic carbocycles. The molecule has 15 heavy (non-hydrogen) atoms. The number of rotatable bonds is 1. The van der Waals surface area contributed by atoms with Gasteiger partial charge in [-0.1, -0.05) is 18.7 Å². The Morgan fingerprint density at radius 3 is 2.60 bits per heavy atom. The molecular formula is C11H12Cl2N2. The number of aliphatic imine (C=N–C) groups is 1. The molecule has 2 nitrogen and oxygen atoms in total. The van der Waals surface area contributed by atoms with Crippen LogP contribution in [0.4, 0.5) is 0 Å². The highest BCUT2D eigenvalue weighted by Gasteiger charge is 2.09. The van der Waals surface area contributed by atoms with Crippen LogP contribution in [-0.2, 0) is 0 Å². The Morgan fingerprint density at radius 2 is 2.00 bits per heavy atom. The molecule has 2 rings (SSSR count). The Labute approximate surface area is 102 Å². The third kappa shape index (κ3) is 3.18. The second kappa shape index (κ2) is 6.38. The largest absolute Gasteiger partial charge is 0.255 e. The van der Waals surface area contributed by atoms with E-state index in [-0.39, 0.29) is 24.8 Å². The van der Waals surface area contributed by atoms with E-state index >= 15 is 0 Å². The van der Waals surface area contributed by atoms with E-state index in [2.05, 4.69) is 16.6 Å². The van der Waals surface area contributed by atoms with E-state index in [4.69, 9.17) is 0 Å². The quantitative estimate of drug-likeness (QED) is 0.743. The molecule has 0 unspecified atom stereocenters. The predicted octanol–water partition coefficient (Wildman–Crippen LogP) is 3.19. The van der Waals surface area contributed by atoms with Gasteiger partial charge in [-0.3, -0.25) is 9.98 Å². The number of allylic oxidation sites excluding steroid dienone is 2. The molecular weight excluding hydrogens is 231 g/mol. The van der Waals surface area contributed by atoms with Gasteiger partial charge in [-0.2, -0.15) is 0 Å². The van der Waals surface area contributed by atoms with Gasteiger partial charge in [0.25, 0.3) is 0 Å². The van der Waals surface area contributed by atoms with Crippen LogP contribution < -0.4 is 0 Å². The summed E-state index contributed by atoms with van der Waals surface area (Å²) in [6, 6.07) is 5.80. The van der Waals surface area contributed by atoms with Gasteiger partial charge in [-0.05, 0) is 24.1 Å². The van der Waals surface area contributed by atoms with Crippen molar-refractivity contribution in [3.8, 4) is 0 Å². The first-order valence-electron chi connectivity index (χ1n) is 4.20. The first-order valence-corrected chi connectivity index (χ1v) is 4.20. The van der Waals surface area contributed by atoms with Crippen molar-refractivity contribution < 1.29 is 0 Å². The molecule has 1 aromatic heterocycles. The second-order valence-corrected chi connectivity index (χ2v) is 2.89. The summed E-state index contributed by atoms with van der Waals surface area (Å²) >= 11 is 0. The number of aromatic nitrogens is 1. The highest BCUT2D eigenvalue weighted by molar-refractivity contribution is 6.11. The van der Waals surface area contributed by atoms with Crippen LogP contribution in [0.25, 0.3) is 0 Å². The Bertz CT molecular complexity index is 383. The van der Waals surface area contributed by atoms with E-state index < -0.39 is 0 Å². The second-order valence-electron chi connectivity index (χ2n) is 2.89. The van der Waals surface area contributed by atoms with Gasteiger partial charge in [-0.25, -0.2) is 0 Å².